The van der Waals surface area contributed by atoms with E-state index in [0.29, 0.717) is 0 Å². The lowest BCUT2D eigenvalue weighted by Crippen LogP contribution is -2.46. The molecule has 118 valence electrons. The van der Waals surface area contributed by atoms with Crippen LogP contribution < -0.4 is 4.90 Å². The van der Waals surface area contributed by atoms with Gasteiger partial charge in [0.15, 0.2) is 5.65 Å². The van der Waals surface area contributed by atoms with Gasteiger partial charge in [0.05, 0.1) is 12.1 Å². The van der Waals surface area contributed by atoms with Crippen molar-refractivity contribution in [2.45, 2.75) is 13.5 Å². The molecule has 4 heterocycles. The summed E-state index contributed by atoms with van der Waals surface area (Å²) in [5.74, 6) is 0.999. The van der Waals surface area contributed by atoms with E-state index in [2.05, 4.69) is 48.8 Å². The predicted molar refractivity (Wildman–Crippen MR) is 90.4 cm³/mol. The van der Waals surface area contributed by atoms with E-state index in [0.717, 1.165) is 49.7 Å². The van der Waals surface area contributed by atoms with Crippen LogP contribution in [0, 0.1) is 6.92 Å². The van der Waals surface area contributed by atoms with Crippen molar-refractivity contribution in [3.63, 3.8) is 0 Å². The van der Waals surface area contributed by atoms with Gasteiger partial charge >= 0.3 is 0 Å². The van der Waals surface area contributed by atoms with E-state index in [1.54, 1.807) is 0 Å². The second-order valence-electron chi connectivity index (χ2n) is 5.98. The summed E-state index contributed by atoms with van der Waals surface area (Å²) >= 11 is 0. The fraction of sp³-hybridized carbons (Fsp3) is 0.353. The molecule has 0 atom stereocenters. The first kappa shape index (κ1) is 14.1. The zero-order chi connectivity index (χ0) is 15.6. The van der Waals surface area contributed by atoms with E-state index in [1.807, 2.05) is 24.7 Å². The highest BCUT2D eigenvalue weighted by molar-refractivity contribution is 5.74. The SMILES string of the molecule is Cc1ccnc2nc(CN3CCN(c4ccncc4)CC3)[nH]c12. The number of rotatable bonds is 3. The Balaban J connectivity index is 1.41. The van der Waals surface area contributed by atoms with Crippen LogP contribution in [-0.2, 0) is 6.54 Å². The summed E-state index contributed by atoms with van der Waals surface area (Å²) in [6, 6.07) is 6.16. The molecule has 1 saturated heterocycles. The Labute approximate surface area is 135 Å². The average Bonchev–Trinajstić information content (AvgIpc) is 3.00. The first-order chi connectivity index (χ1) is 11.3. The summed E-state index contributed by atoms with van der Waals surface area (Å²) in [4.78, 5) is 21.3. The number of anilines is 1. The van der Waals surface area contributed by atoms with E-state index >= 15 is 0 Å². The summed E-state index contributed by atoms with van der Waals surface area (Å²) in [6.07, 6.45) is 5.52. The molecule has 4 rings (SSSR count). The molecule has 0 aromatic carbocycles. The molecule has 0 unspecified atom stereocenters. The number of aryl methyl sites for hydroxylation is 1. The van der Waals surface area contributed by atoms with Gasteiger partial charge in [0.25, 0.3) is 0 Å². The molecule has 3 aromatic heterocycles. The molecule has 1 N–H and O–H groups in total. The van der Waals surface area contributed by atoms with Crippen molar-refractivity contribution in [3.05, 3.63) is 48.2 Å². The summed E-state index contributed by atoms with van der Waals surface area (Å²) in [5.41, 5.74) is 4.31. The minimum atomic E-state index is 0.815. The first-order valence-electron chi connectivity index (χ1n) is 7.97. The fourth-order valence-corrected chi connectivity index (χ4v) is 3.09. The number of aromatic nitrogens is 4. The van der Waals surface area contributed by atoms with Crippen molar-refractivity contribution < 1.29 is 0 Å². The maximum Gasteiger partial charge on any atom is 0.178 e. The first-order valence-corrected chi connectivity index (χ1v) is 7.97. The van der Waals surface area contributed by atoms with Crippen LogP contribution in [0.15, 0.2) is 36.8 Å². The van der Waals surface area contributed by atoms with Gasteiger partial charge in [-0.15, -0.1) is 0 Å². The topological polar surface area (TPSA) is 60.9 Å². The Hall–Kier alpha value is -2.47. The van der Waals surface area contributed by atoms with Crippen molar-refractivity contribution in [1.29, 1.82) is 0 Å². The smallest absolute Gasteiger partial charge is 0.178 e. The summed E-state index contributed by atoms with van der Waals surface area (Å²) in [6.45, 7) is 7.06. The molecule has 1 aliphatic heterocycles. The van der Waals surface area contributed by atoms with Crippen LogP contribution in [0.1, 0.15) is 11.4 Å². The highest BCUT2D eigenvalue weighted by Gasteiger charge is 2.18. The lowest BCUT2D eigenvalue weighted by Gasteiger charge is -2.35. The number of nitrogens with zero attached hydrogens (tertiary/aromatic N) is 5. The Bertz CT molecular complexity index is 789. The van der Waals surface area contributed by atoms with E-state index in [9.17, 15) is 0 Å². The van der Waals surface area contributed by atoms with Gasteiger partial charge in [-0.3, -0.25) is 9.88 Å². The average molecular weight is 308 g/mol. The third-order valence-corrected chi connectivity index (χ3v) is 4.42. The fourth-order valence-electron chi connectivity index (χ4n) is 3.09. The van der Waals surface area contributed by atoms with Crippen LogP contribution >= 0.6 is 0 Å². The summed E-state index contributed by atoms with van der Waals surface area (Å²) in [7, 11) is 0. The summed E-state index contributed by atoms with van der Waals surface area (Å²) in [5, 5.41) is 0. The van der Waals surface area contributed by atoms with E-state index < -0.39 is 0 Å². The quantitative estimate of drug-likeness (QED) is 0.802. The number of pyridine rings is 2. The number of H-pyrrole nitrogens is 1. The molecule has 1 fully saturated rings. The maximum absolute atomic E-state index is 4.61. The van der Waals surface area contributed by atoms with Gasteiger partial charge in [-0.2, -0.15) is 0 Å². The molecule has 0 saturated carbocycles. The molecule has 6 heteroatoms. The predicted octanol–water partition coefficient (Wildman–Crippen LogP) is 1.98. The molecular weight excluding hydrogens is 288 g/mol. The lowest BCUT2D eigenvalue weighted by atomic mass is 10.2. The lowest BCUT2D eigenvalue weighted by molar-refractivity contribution is 0.245. The third-order valence-electron chi connectivity index (χ3n) is 4.42. The van der Waals surface area contributed by atoms with Crippen molar-refractivity contribution >= 4 is 16.9 Å². The molecule has 23 heavy (non-hydrogen) atoms. The molecule has 0 bridgehead atoms. The van der Waals surface area contributed by atoms with Crippen LogP contribution in [0.25, 0.3) is 11.2 Å². The third kappa shape index (κ3) is 2.90. The molecule has 6 nitrogen and oxygen atoms in total. The van der Waals surface area contributed by atoms with E-state index in [4.69, 9.17) is 0 Å². The van der Waals surface area contributed by atoms with Crippen molar-refractivity contribution in [3.8, 4) is 0 Å². The van der Waals surface area contributed by atoms with Gasteiger partial charge in [-0.1, -0.05) is 0 Å². The molecular formula is C17H20N6. The minimum Gasteiger partial charge on any atom is -0.369 e. The second kappa shape index (κ2) is 5.96. The number of fused-ring (bicyclic) bond motifs is 1. The van der Waals surface area contributed by atoms with Crippen molar-refractivity contribution in [2.24, 2.45) is 0 Å². The molecule has 0 spiro atoms. The zero-order valence-electron chi connectivity index (χ0n) is 13.2. The number of hydrogen-bond acceptors (Lipinski definition) is 5. The largest absolute Gasteiger partial charge is 0.369 e. The van der Waals surface area contributed by atoms with Crippen LogP contribution in [-0.4, -0.2) is 51.0 Å². The Morgan fingerprint density at radius 2 is 1.83 bits per heavy atom. The summed E-state index contributed by atoms with van der Waals surface area (Å²) < 4.78 is 0. The van der Waals surface area contributed by atoms with Gasteiger partial charge in [0.2, 0.25) is 0 Å². The van der Waals surface area contributed by atoms with Crippen LogP contribution in [0.2, 0.25) is 0 Å². The highest BCUT2D eigenvalue weighted by Crippen LogP contribution is 2.17. The maximum atomic E-state index is 4.61. The Kier molecular flexibility index (Phi) is 3.67. The molecule has 1 aliphatic rings. The number of piperazine rings is 1. The molecule has 0 radical (unpaired) electrons. The number of nitrogens with one attached hydrogen (secondary N) is 1. The molecule has 0 amide bonds. The van der Waals surface area contributed by atoms with Crippen LogP contribution in [0.4, 0.5) is 5.69 Å². The number of aromatic amines is 1. The zero-order valence-corrected chi connectivity index (χ0v) is 13.2. The van der Waals surface area contributed by atoms with Gasteiger partial charge in [0, 0.05) is 50.5 Å². The van der Waals surface area contributed by atoms with Gasteiger partial charge in [-0.25, -0.2) is 9.97 Å². The second-order valence-corrected chi connectivity index (χ2v) is 5.98. The number of hydrogen-bond donors (Lipinski definition) is 1. The Morgan fingerprint density at radius 3 is 2.57 bits per heavy atom. The molecule has 3 aromatic rings. The number of imidazole rings is 1. The van der Waals surface area contributed by atoms with Crippen LogP contribution in [0.5, 0.6) is 0 Å². The van der Waals surface area contributed by atoms with Crippen LogP contribution in [0.3, 0.4) is 0 Å². The minimum absolute atomic E-state index is 0.815. The Morgan fingerprint density at radius 1 is 1.04 bits per heavy atom. The monoisotopic (exact) mass is 308 g/mol. The van der Waals surface area contributed by atoms with Gasteiger partial charge in [0.1, 0.15) is 5.82 Å². The van der Waals surface area contributed by atoms with Crippen molar-refractivity contribution in [2.75, 3.05) is 31.1 Å². The van der Waals surface area contributed by atoms with E-state index in [-0.39, 0.29) is 0 Å². The highest BCUT2D eigenvalue weighted by atomic mass is 15.3. The standard InChI is InChI=1S/C17H20N6/c1-13-2-7-19-17-16(13)20-15(21-17)12-22-8-10-23(11-9-22)14-3-5-18-6-4-14/h2-7H,8-12H2,1H3,(H,19,20,21). The van der Waals surface area contributed by atoms with Gasteiger partial charge < -0.3 is 9.88 Å². The van der Waals surface area contributed by atoms with Crippen molar-refractivity contribution in [1.82, 2.24) is 24.8 Å². The normalized spacial score (nSPS) is 16.1. The van der Waals surface area contributed by atoms with E-state index in [1.165, 1.54) is 11.3 Å². The molecule has 0 aliphatic carbocycles. The van der Waals surface area contributed by atoms with Gasteiger partial charge in [-0.05, 0) is 30.7 Å².